The molecule has 0 radical (unpaired) electrons. The minimum absolute atomic E-state index is 0.103. The first-order chi connectivity index (χ1) is 13.0. The van der Waals surface area contributed by atoms with Crippen molar-refractivity contribution in [1.29, 1.82) is 0 Å². The Labute approximate surface area is 156 Å². The second-order valence-corrected chi connectivity index (χ2v) is 7.44. The van der Waals surface area contributed by atoms with Gasteiger partial charge in [0.1, 0.15) is 18.7 Å². The van der Waals surface area contributed by atoms with Gasteiger partial charge in [-0.2, -0.15) is 0 Å². The summed E-state index contributed by atoms with van der Waals surface area (Å²) in [6, 6.07) is 4.75. The highest BCUT2D eigenvalue weighted by molar-refractivity contribution is 6.00. The average Bonchev–Trinajstić information content (AvgIpc) is 2.92. The van der Waals surface area contributed by atoms with Crippen LogP contribution in [0.1, 0.15) is 49.3 Å². The van der Waals surface area contributed by atoms with Gasteiger partial charge < -0.3 is 19.9 Å². The van der Waals surface area contributed by atoms with E-state index in [0.717, 1.165) is 37.9 Å². The number of hydrogen-bond donors (Lipinski definition) is 3. The molecule has 2 amide bonds. The molecule has 3 unspecified atom stereocenters. The number of hydrogen-bond acceptors (Lipinski definition) is 7. The summed E-state index contributed by atoms with van der Waals surface area (Å²) in [7, 11) is 0. The number of piperidine rings is 2. The van der Waals surface area contributed by atoms with Gasteiger partial charge in [0.2, 0.25) is 11.8 Å². The normalized spacial score (nSPS) is 29.6. The Morgan fingerprint density at radius 2 is 1.74 bits per heavy atom. The second kappa shape index (κ2) is 7.03. The zero-order valence-corrected chi connectivity index (χ0v) is 14.9. The monoisotopic (exact) mass is 373 g/mol. The van der Waals surface area contributed by atoms with Crippen LogP contribution in [0.2, 0.25) is 0 Å². The van der Waals surface area contributed by atoms with E-state index in [9.17, 15) is 24.6 Å². The largest absolute Gasteiger partial charge is 0.374 e. The van der Waals surface area contributed by atoms with Gasteiger partial charge >= 0.3 is 0 Å². The molecular formula is C19H23N3O5. The third-order valence-electron chi connectivity index (χ3n) is 5.86. The second-order valence-electron chi connectivity index (χ2n) is 7.44. The molecule has 3 atom stereocenters. The van der Waals surface area contributed by atoms with Crippen molar-refractivity contribution in [3.8, 4) is 0 Å². The molecule has 3 aliphatic heterocycles. The molecule has 0 aromatic heterocycles. The van der Waals surface area contributed by atoms with Gasteiger partial charge in [0.05, 0.1) is 6.04 Å². The fourth-order valence-electron chi connectivity index (χ4n) is 4.27. The van der Waals surface area contributed by atoms with Crippen molar-refractivity contribution in [3.63, 3.8) is 0 Å². The van der Waals surface area contributed by atoms with Gasteiger partial charge in [-0.05, 0) is 31.4 Å². The molecule has 1 aromatic carbocycles. The van der Waals surface area contributed by atoms with Crippen molar-refractivity contribution < 1.29 is 24.6 Å². The van der Waals surface area contributed by atoms with E-state index in [0.29, 0.717) is 11.1 Å². The highest BCUT2D eigenvalue weighted by Crippen LogP contribution is 2.43. The van der Waals surface area contributed by atoms with E-state index in [2.05, 4.69) is 10.2 Å². The highest BCUT2D eigenvalue weighted by Gasteiger charge is 2.45. The predicted molar refractivity (Wildman–Crippen MR) is 95.4 cm³/mol. The summed E-state index contributed by atoms with van der Waals surface area (Å²) in [5, 5.41) is 23.7. The van der Waals surface area contributed by atoms with E-state index < -0.39 is 24.4 Å². The molecule has 3 heterocycles. The summed E-state index contributed by atoms with van der Waals surface area (Å²) in [4.78, 5) is 38.0. The predicted octanol–water partition coefficient (Wildman–Crippen LogP) is 0.204. The number of nitrogens with zero attached hydrogens (tertiary/aromatic N) is 2. The van der Waals surface area contributed by atoms with E-state index in [4.69, 9.17) is 0 Å². The van der Waals surface area contributed by atoms with Crippen LogP contribution in [-0.2, 0) is 14.4 Å². The first-order valence-corrected chi connectivity index (χ1v) is 9.31. The smallest absolute Gasteiger partial charge is 0.244 e. The summed E-state index contributed by atoms with van der Waals surface area (Å²) in [5.41, 5.74) is 2.07. The fraction of sp³-hybridized carbons (Fsp3) is 0.526. The van der Waals surface area contributed by atoms with Crippen LogP contribution >= 0.6 is 0 Å². The molecule has 4 rings (SSSR count). The number of anilines is 1. The van der Waals surface area contributed by atoms with E-state index in [1.165, 1.54) is 4.90 Å². The Bertz CT molecular complexity index is 775. The van der Waals surface area contributed by atoms with Crippen LogP contribution in [-0.4, -0.2) is 52.3 Å². The van der Waals surface area contributed by atoms with Gasteiger partial charge in [-0.1, -0.05) is 6.07 Å². The van der Waals surface area contributed by atoms with Gasteiger partial charge in [-0.15, -0.1) is 0 Å². The lowest BCUT2D eigenvalue weighted by Gasteiger charge is -2.34. The molecule has 2 fully saturated rings. The maximum Gasteiger partial charge on any atom is 0.244 e. The highest BCUT2D eigenvalue weighted by atomic mass is 16.3. The van der Waals surface area contributed by atoms with Crippen LogP contribution in [0.3, 0.4) is 0 Å². The SMILES string of the molecule is O=CC1CCN(c2ccc3c(c2)C(O)N(C2CCC(=O)NC2=O)C3O)CC1. The van der Waals surface area contributed by atoms with Gasteiger partial charge in [-0.25, -0.2) is 4.90 Å². The first-order valence-electron chi connectivity index (χ1n) is 9.31. The standard InChI is InChI=1S/C19H23N3O5/c23-10-11-5-7-21(8-6-11)12-1-2-13-14(9-12)19(27)22(18(13)26)15-3-4-16(24)20-17(15)25/h1-2,9-11,15,18-19,26-27H,3-8H2,(H,20,24,25). The lowest BCUT2D eigenvalue weighted by atomic mass is 9.97. The van der Waals surface area contributed by atoms with Crippen molar-refractivity contribution in [2.24, 2.45) is 5.92 Å². The third kappa shape index (κ3) is 3.13. The Morgan fingerprint density at radius 1 is 1.04 bits per heavy atom. The maximum atomic E-state index is 12.2. The van der Waals surface area contributed by atoms with Crippen molar-refractivity contribution >= 4 is 23.8 Å². The van der Waals surface area contributed by atoms with Gasteiger partial charge in [-0.3, -0.25) is 14.9 Å². The van der Waals surface area contributed by atoms with Gasteiger partial charge in [0.25, 0.3) is 0 Å². The number of amides is 2. The molecule has 3 N–H and O–H groups in total. The Morgan fingerprint density at radius 3 is 2.41 bits per heavy atom. The summed E-state index contributed by atoms with van der Waals surface area (Å²) in [5.74, 6) is -0.725. The lowest BCUT2D eigenvalue weighted by molar-refractivity contribution is -0.154. The number of carbonyl (C=O) groups excluding carboxylic acids is 3. The number of nitrogens with one attached hydrogen (secondary N) is 1. The molecule has 0 bridgehead atoms. The maximum absolute atomic E-state index is 12.2. The Hall–Kier alpha value is -2.29. The number of aliphatic hydroxyl groups excluding tert-OH is 2. The molecule has 2 saturated heterocycles. The quantitative estimate of drug-likeness (QED) is 0.513. The number of aldehydes is 1. The van der Waals surface area contributed by atoms with E-state index in [1.54, 1.807) is 6.07 Å². The number of fused-ring (bicyclic) bond motifs is 1. The van der Waals surface area contributed by atoms with Crippen LogP contribution in [0.15, 0.2) is 18.2 Å². The number of benzene rings is 1. The molecule has 0 spiro atoms. The first kappa shape index (κ1) is 18.1. The van der Waals surface area contributed by atoms with Crippen LogP contribution in [0.25, 0.3) is 0 Å². The zero-order chi connectivity index (χ0) is 19.1. The lowest BCUT2D eigenvalue weighted by Crippen LogP contribution is -2.52. The minimum atomic E-state index is -1.12. The molecule has 8 nitrogen and oxygen atoms in total. The molecule has 144 valence electrons. The van der Waals surface area contributed by atoms with E-state index in [1.807, 2.05) is 12.1 Å². The van der Waals surface area contributed by atoms with Gasteiger partial charge in [0.15, 0.2) is 0 Å². The molecule has 3 aliphatic rings. The van der Waals surface area contributed by atoms with Crippen LogP contribution < -0.4 is 10.2 Å². The van der Waals surface area contributed by atoms with E-state index in [-0.39, 0.29) is 24.7 Å². The number of rotatable bonds is 3. The Kier molecular flexibility index (Phi) is 4.71. The fourth-order valence-corrected chi connectivity index (χ4v) is 4.27. The molecule has 1 aromatic rings. The molecule has 8 heteroatoms. The molecule has 0 saturated carbocycles. The molecular weight excluding hydrogens is 350 g/mol. The summed E-state index contributed by atoms with van der Waals surface area (Å²) in [6.45, 7) is 1.52. The summed E-state index contributed by atoms with van der Waals surface area (Å²) in [6.07, 6.45) is 0.832. The van der Waals surface area contributed by atoms with Crippen LogP contribution in [0.4, 0.5) is 5.69 Å². The summed E-state index contributed by atoms with van der Waals surface area (Å²) >= 11 is 0. The van der Waals surface area contributed by atoms with Crippen molar-refractivity contribution in [3.05, 3.63) is 29.3 Å². The van der Waals surface area contributed by atoms with E-state index >= 15 is 0 Å². The third-order valence-corrected chi connectivity index (χ3v) is 5.86. The van der Waals surface area contributed by atoms with Crippen LogP contribution in [0, 0.1) is 5.92 Å². The van der Waals surface area contributed by atoms with Crippen molar-refractivity contribution in [1.82, 2.24) is 10.2 Å². The zero-order valence-electron chi connectivity index (χ0n) is 14.9. The van der Waals surface area contributed by atoms with Crippen molar-refractivity contribution in [2.45, 2.75) is 44.2 Å². The van der Waals surface area contributed by atoms with Gasteiger partial charge in [0, 0.05) is 42.2 Å². The summed E-state index contributed by atoms with van der Waals surface area (Å²) < 4.78 is 0. The van der Waals surface area contributed by atoms with Crippen molar-refractivity contribution in [2.75, 3.05) is 18.0 Å². The topological polar surface area (TPSA) is 110 Å². The number of imide groups is 1. The number of carbonyl (C=O) groups is 3. The Balaban J connectivity index is 1.56. The molecule has 27 heavy (non-hydrogen) atoms. The number of aliphatic hydroxyl groups is 2. The molecule has 0 aliphatic carbocycles. The average molecular weight is 373 g/mol. The van der Waals surface area contributed by atoms with Crippen LogP contribution in [0.5, 0.6) is 0 Å². The minimum Gasteiger partial charge on any atom is -0.374 e.